The third-order valence-electron chi connectivity index (χ3n) is 5.73. The number of hydrogen-bond donors (Lipinski definition) is 0. The topological polar surface area (TPSA) is 0 Å². The normalized spacial score (nSPS) is 12.5. The molecule has 1 radical (unpaired) electrons. The summed E-state index contributed by atoms with van der Waals surface area (Å²) in [6.45, 7) is 28.9. The third kappa shape index (κ3) is 12.5. The van der Waals surface area contributed by atoms with E-state index >= 15 is 0 Å². The minimum atomic E-state index is -0.123. The van der Waals surface area contributed by atoms with Gasteiger partial charge in [0.2, 0.25) is 0 Å². The Bertz CT molecular complexity index is 836. The minimum Gasteiger partial charge on any atom is -0.366 e. The van der Waals surface area contributed by atoms with Crippen LogP contribution in [-0.4, -0.2) is 20.6 Å². The van der Waals surface area contributed by atoms with Gasteiger partial charge < -0.3 is 6.42 Å². The Balaban J connectivity index is 0.00000108. The standard InChI is InChI=1S/C24H43P2.C8H5.Ir/c1-21(2,3)25(22(4,5)6)17-19-14-13-15-20(16-19)18-26(23(7,8)9)24(10,11)12;1-2-8-6-4-3-5-7-8;/h13-15H,17-18H2,1-12H3;3-7H;/q2*-1;. The number of benzene rings is 2. The van der Waals surface area contributed by atoms with E-state index in [1.807, 2.05) is 30.3 Å². The summed E-state index contributed by atoms with van der Waals surface area (Å²) >= 11 is 0. The Morgan fingerprint density at radius 2 is 0.943 bits per heavy atom. The second-order valence-electron chi connectivity index (χ2n) is 13.0. The molecule has 0 heterocycles. The summed E-state index contributed by atoms with van der Waals surface area (Å²) in [6, 6.07) is 20.1. The van der Waals surface area contributed by atoms with Gasteiger partial charge in [-0.05, 0) is 32.9 Å². The zero-order valence-corrected chi connectivity index (χ0v) is 28.4. The van der Waals surface area contributed by atoms with E-state index < -0.39 is 0 Å². The SMILES string of the molecule is CC(C)(C)P(Cc1[c-]c(CP(C(C)(C)C)C(C)(C)C)ccc1)C(C)(C)C.[C-]#Cc1ccccc1.[Ir]. The van der Waals surface area contributed by atoms with Crippen molar-refractivity contribution in [3.63, 3.8) is 0 Å². The maximum atomic E-state index is 6.69. The van der Waals surface area contributed by atoms with Crippen molar-refractivity contribution in [1.29, 1.82) is 0 Å². The Labute approximate surface area is 234 Å². The van der Waals surface area contributed by atoms with Gasteiger partial charge in [-0.15, -0.1) is 17.7 Å². The molecule has 0 N–H and O–H groups in total. The first kappa shape index (κ1) is 34.5. The molecule has 3 heteroatoms. The summed E-state index contributed by atoms with van der Waals surface area (Å²) in [6.07, 6.45) is 9.05. The molecule has 0 bridgehead atoms. The van der Waals surface area contributed by atoms with Crippen LogP contribution >= 0.6 is 15.8 Å². The van der Waals surface area contributed by atoms with E-state index in [0.717, 1.165) is 5.56 Å². The van der Waals surface area contributed by atoms with Crippen molar-refractivity contribution in [2.24, 2.45) is 0 Å². The van der Waals surface area contributed by atoms with Gasteiger partial charge in [-0.1, -0.05) is 117 Å². The first-order valence-corrected chi connectivity index (χ1v) is 15.4. The van der Waals surface area contributed by atoms with Crippen LogP contribution in [0.4, 0.5) is 0 Å². The predicted octanol–water partition coefficient (Wildman–Crippen LogP) is 10.3. The van der Waals surface area contributed by atoms with Crippen LogP contribution in [0.1, 0.15) is 99.8 Å². The Hall–Kier alpha value is -0.491. The molecular weight excluding hydrogens is 639 g/mol. The molecule has 0 amide bonds. The molecule has 2 rings (SSSR count). The third-order valence-corrected chi connectivity index (χ3v) is 13.5. The first-order chi connectivity index (χ1) is 15.4. The van der Waals surface area contributed by atoms with E-state index in [4.69, 9.17) is 6.42 Å². The second-order valence-corrected chi connectivity index (χ2v) is 20.8. The van der Waals surface area contributed by atoms with Crippen molar-refractivity contribution >= 4 is 15.8 Å². The summed E-state index contributed by atoms with van der Waals surface area (Å²) in [4.78, 5) is 0. The fraction of sp³-hybridized carbons (Fsp3) is 0.562. The molecule has 0 aliphatic carbocycles. The summed E-state index contributed by atoms with van der Waals surface area (Å²) in [7, 11) is -0.246. The van der Waals surface area contributed by atoms with Gasteiger partial charge in [0.25, 0.3) is 0 Å². The van der Waals surface area contributed by atoms with E-state index in [2.05, 4.69) is 113 Å². The van der Waals surface area contributed by atoms with Gasteiger partial charge in [-0.2, -0.15) is 35.4 Å². The molecule has 0 nitrogen and oxygen atoms in total. The molecule has 0 fully saturated rings. The van der Waals surface area contributed by atoms with E-state index in [0.29, 0.717) is 20.6 Å². The molecule has 0 saturated heterocycles. The fourth-order valence-electron chi connectivity index (χ4n) is 4.58. The smallest absolute Gasteiger partial charge is 0 e. The summed E-state index contributed by atoms with van der Waals surface area (Å²) < 4.78 is 0. The molecule has 0 aliphatic rings. The monoisotopic (exact) mass is 687 g/mol. The zero-order chi connectivity index (χ0) is 26.4. The van der Waals surface area contributed by atoms with Crippen molar-refractivity contribution in [3.8, 4) is 5.92 Å². The van der Waals surface area contributed by atoms with Gasteiger partial charge in [0.05, 0.1) is 0 Å². The Morgan fingerprint density at radius 3 is 1.20 bits per heavy atom. The van der Waals surface area contributed by atoms with Crippen molar-refractivity contribution in [2.75, 3.05) is 0 Å². The quantitative estimate of drug-likeness (QED) is 0.171. The Kier molecular flexibility index (Phi) is 13.7. The molecule has 0 saturated carbocycles. The second kappa shape index (κ2) is 13.9. The first-order valence-electron chi connectivity index (χ1n) is 12.4. The van der Waals surface area contributed by atoms with Crippen LogP contribution in [0.5, 0.6) is 0 Å². The van der Waals surface area contributed by atoms with Gasteiger partial charge >= 0.3 is 0 Å². The molecule has 0 unspecified atom stereocenters. The average molecular weight is 687 g/mol. The van der Waals surface area contributed by atoms with E-state index in [9.17, 15) is 0 Å². The van der Waals surface area contributed by atoms with Crippen LogP contribution < -0.4 is 0 Å². The predicted molar refractivity (Wildman–Crippen MR) is 158 cm³/mol. The van der Waals surface area contributed by atoms with Gasteiger partial charge in [0, 0.05) is 20.1 Å². The average Bonchev–Trinajstić information content (AvgIpc) is 2.68. The molecule has 2 aromatic carbocycles. The molecule has 2 aromatic rings. The van der Waals surface area contributed by atoms with Gasteiger partial charge in [0.1, 0.15) is 0 Å². The molecule has 35 heavy (non-hydrogen) atoms. The summed E-state index contributed by atoms with van der Waals surface area (Å²) in [5, 5.41) is 1.45. The molecule has 197 valence electrons. The van der Waals surface area contributed by atoms with Crippen LogP contribution in [0.2, 0.25) is 0 Å². The van der Waals surface area contributed by atoms with Gasteiger partial charge in [0.15, 0.2) is 0 Å². The van der Waals surface area contributed by atoms with Gasteiger partial charge in [-0.3, -0.25) is 5.92 Å². The van der Waals surface area contributed by atoms with Crippen LogP contribution in [0.25, 0.3) is 0 Å². The van der Waals surface area contributed by atoms with E-state index in [1.165, 1.54) is 23.5 Å². The number of rotatable bonds is 4. The van der Waals surface area contributed by atoms with E-state index in [-0.39, 0.29) is 35.9 Å². The maximum absolute atomic E-state index is 6.69. The van der Waals surface area contributed by atoms with Crippen LogP contribution in [-0.2, 0) is 32.4 Å². The van der Waals surface area contributed by atoms with Crippen molar-refractivity contribution < 1.29 is 20.1 Å². The van der Waals surface area contributed by atoms with E-state index in [1.54, 1.807) is 0 Å². The van der Waals surface area contributed by atoms with Crippen LogP contribution in [0, 0.1) is 18.4 Å². The molecular formula is C32H48IrP2-2. The van der Waals surface area contributed by atoms with Crippen LogP contribution in [0.3, 0.4) is 0 Å². The Morgan fingerprint density at radius 1 is 0.600 bits per heavy atom. The molecule has 0 aromatic heterocycles. The summed E-state index contributed by atoms with van der Waals surface area (Å²) in [5.74, 6) is 2.28. The van der Waals surface area contributed by atoms with Crippen molar-refractivity contribution in [2.45, 2.75) is 116 Å². The van der Waals surface area contributed by atoms with Crippen molar-refractivity contribution in [1.82, 2.24) is 0 Å². The van der Waals surface area contributed by atoms with Gasteiger partial charge in [-0.25, -0.2) is 0 Å². The molecule has 0 spiro atoms. The fourth-order valence-corrected chi connectivity index (χ4v) is 11.6. The number of hydrogen-bond acceptors (Lipinski definition) is 0. The largest absolute Gasteiger partial charge is 0.366 e. The maximum Gasteiger partial charge on any atom is 0 e. The minimum absolute atomic E-state index is 0. The van der Waals surface area contributed by atoms with Crippen LogP contribution in [0.15, 0.2) is 48.5 Å². The molecule has 0 aliphatic heterocycles. The van der Waals surface area contributed by atoms with Crippen molar-refractivity contribution in [3.05, 3.63) is 77.7 Å². The zero-order valence-electron chi connectivity index (χ0n) is 24.3. The molecule has 0 atom stereocenters. The summed E-state index contributed by atoms with van der Waals surface area (Å²) in [5.41, 5.74) is 3.65.